The van der Waals surface area contributed by atoms with Crippen LogP contribution < -0.4 is 4.90 Å². The molecule has 0 atom stereocenters. The molecule has 0 bridgehead atoms. The number of hydrogen-bond acceptors (Lipinski definition) is 2. The number of furan rings is 1. The third-order valence-electron chi connectivity index (χ3n) is 12.2. The van der Waals surface area contributed by atoms with Crippen LogP contribution in [0, 0.1) is 0 Å². The maximum atomic E-state index is 6.32. The summed E-state index contributed by atoms with van der Waals surface area (Å²) in [6, 6.07) is 82.9. The van der Waals surface area contributed by atoms with E-state index in [0.29, 0.717) is 0 Å². The molecule has 0 radical (unpaired) electrons. The van der Waals surface area contributed by atoms with Crippen LogP contribution in [-0.2, 0) is 0 Å². The summed E-state index contributed by atoms with van der Waals surface area (Å²) in [7, 11) is 0. The monoisotopic (exact) mass is 778 g/mol. The van der Waals surface area contributed by atoms with Gasteiger partial charge in [0.1, 0.15) is 11.2 Å². The van der Waals surface area contributed by atoms with E-state index in [1.165, 1.54) is 49.3 Å². The van der Waals surface area contributed by atoms with Gasteiger partial charge < -0.3 is 13.9 Å². The topological polar surface area (TPSA) is 21.3 Å². The highest BCUT2D eigenvalue weighted by Crippen LogP contribution is 2.43. The average molecular weight is 779 g/mol. The summed E-state index contributed by atoms with van der Waals surface area (Å²) in [5.41, 5.74) is 15.6. The molecular weight excluding hydrogens is 741 g/mol. The van der Waals surface area contributed by atoms with E-state index >= 15 is 0 Å². The highest BCUT2D eigenvalue weighted by Gasteiger charge is 2.19. The quantitative estimate of drug-likeness (QED) is 0.161. The van der Waals surface area contributed by atoms with Gasteiger partial charge in [-0.1, -0.05) is 164 Å². The van der Waals surface area contributed by atoms with E-state index in [-0.39, 0.29) is 0 Å². The molecule has 10 aromatic carbocycles. The van der Waals surface area contributed by atoms with Crippen LogP contribution in [0.2, 0.25) is 0 Å². The van der Waals surface area contributed by atoms with Gasteiger partial charge in [0.2, 0.25) is 0 Å². The molecule has 0 unspecified atom stereocenters. The third kappa shape index (κ3) is 5.82. The molecule has 0 aliphatic carbocycles. The molecule has 2 heterocycles. The van der Waals surface area contributed by atoms with Gasteiger partial charge in [0, 0.05) is 44.2 Å². The second-order valence-electron chi connectivity index (χ2n) is 15.7. The summed E-state index contributed by atoms with van der Waals surface area (Å²) < 4.78 is 8.72. The van der Waals surface area contributed by atoms with Crippen molar-refractivity contribution in [1.29, 1.82) is 0 Å². The lowest BCUT2D eigenvalue weighted by Crippen LogP contribution is -2.10. The van der Waals surface area contributed by atoms with Gasteiger partial charge in [-0.15, -0.1) is 0 Å². The van der Waals surface area contributed by atoms with Gasteiger partial charge in [0.25, 0.3) is 0 Å². The molecule has 0 N–H and O–H groups in total. The van der Waals surface area contributed by atoms with Crippen molar-refractivity contribution in [2.24, 2.45) is 0 Å². The minimum Gasteiger partial charge on any atom is -0.456 e. The molecule has 3 heteroatoms. The fourth-order valence-corrected chi connectivity index (χ4v) is 9.43. The van der Waals surface area contributed by atoms with Gasteiger partial charge >= 0.3 is 0 Å². The summed E-state index contributed by atoms with van der Waals surface area (Å²) in [5.74, 6) is 0. The lowest BCUT2D eigenvalue weighted by atomic mass is 9.97. The van der Waals surface area contributed by atoms with E-state index in [1.807, 2.05) is 12.1 Å². The molecule has 0 fully saturated rings. The van der Waals surface area contributed by atoms with Crippen molar-refractivity contribution < 1.29 is 4.42 Å². The molecule has 61 heavy (non-hydrogen) atoms. The van der Waals surface area contributed by atoms with Crippen molar-refractivity contribution >= 4 is 71.6 Å². The zero-order valence-electron chi connectivity index (χ0n) is 33.2. The maximum absolute atomic E-state index is 6.32. The first-order chi connectivity index (χ1) is 30.3. The van der Waals surface area contributed by atoms with Gasteiger partial charge in [0.05, 0.1) is 16.7 Å². The van der Waals surface area contributed by atoms with Crippen LogP contribution in [0.1, 0.15) is 0 Å². The average Bonchev–Trinajstić information content (AvgIpc) is 3.88. The number of aromatic nitrogens is 1. The number of rotatable bonds is 7. The zero-order chi connectivity index (χ0) is 40.3. The second kappa shape index (κ2) is 14.3. The highest BCUT2D eigenvalue weighted by atomic mass is 16.3. The number of anilines is 3. The predicted octanol–water partition coefficient (Wildman–Crippen LogP) is 16.3. The second-order valence-corrected chi connectivity index (χ2v) is 15.7. The van der Waals surface area contributed by atoms with Crippen LogP contribution in [0.25, 0.3) is 93.6 Å². The summed E-state index contributed by atoms with van der Waals surface area (Å²) >= 11 is 0. The molecule has 12 aromatic rings. The number of fused-ring (bicyclic) bond motifs is 7. The van der Waals surface area contributed by atoms with E-state index < -0.39 is 0 Å². The van der Waals surface area contributed by atoms with E-state index in [2.05, 4.69) is 228 Å². The highest BCUT2D eigenvalue weighted by molar-refractivity contribution is 6.13. The molecule has 286 valence electrons. The Morgan fingerprint density at radius 2 is 0.852 bits per heavy atom. The smallest absolute Gasteiger partial charge is 0.136 e. The first-order valence-corrected chi connectivity index (χ1v) is 20.8. The molecule has 0 amide bonds. The SMILES string of the molecule is c1cc(-c2cccc3oc4ccccc4c23)cc(N(c2ccc(-c3ccccc3-n3c4ccccc4c4ccccc43)cc2)c2ccc(-c3cccc4ccccc34)cc2)c1. The van der Waals surface area contributed by atoms with E-state index in [1.54, 1.807) is 0 Å². The van der Waals surface area contributed by atoms with Crippen molar-refractivity contribution in [2.45, 2.75) is 0 Å². The molecular formula is C58H38N2O. The maximum Gasteiger partial charge on any atom is 0.136 e. The molecule has 2 aromatic heterocycles. The molecule has 0 spiro atoms. The lowest BCUT2D eigenvalue weighted by Gasteiger charge is -2.27. The normalized spacial score (nSPS) is 11.6. The molecule has 0 aliphatic heterocycles. The third-order valence-corrected chi connectivity index (χ3v) is 12.2. The Morgan fingerprint density at radius 3 is 1.61 bits per heavy atom. The van der Waals surface area contributed by atoms with E-state index in [0.717, 1.165) is 61.4 Å². The molecule has 0 saturated carbocycles. The summed E-state index contributed by atoms with van der Waals surface area (Å²) in [6.45, 7) is 0. The van der Waals surface area contributed by atoms with Crippen molar-refractivity contribution in [3.05, 3.63) is 231 Å². The summed E-state index contributed by atoms with van der Waals surface area (Å²) in [4.78, 5) is 2.37. The van der Waals surface area contributed by atoms with Crippen molar-refractivity contribution in [1.82, 2.24) is 4.57 Å². The minimum absolute atomic E-state index is 0.891. The van der Waals surface area contributed by atoms with Crippen LogP contribution in [0.3, 0.4) is 0 Å². The Morgan fingerprint density at radius 1 is 0.328 bits per heavy atom. The Bertz CT molecular complexity index is 3530. The fourth-order valence-electron chi connectivity index (χ4n) is 9.43. The predicted molar refractivity (Wildman–Crippen MR) is 257 cm³/mol. The number of nitrogens with zero attached hydrogens (tertiary/aromatic N) is 2. The van der Waals surface area contributed by atoms with Crippen molar-refractivity contribution in [3.8, 4) is 39.1 Å². The molecule has 12 rings (SSSR count). The van der Waals surface area contributed by atoms with Gasteiger partial charge in [-0.05, 0) is 105 Å². The zero-order valence-corrected chi connectivity index (χ0v) is 33.2. The summed E-state index contributed by atoms with van der Waals surface area (Å²) in [6.07, 6.45) is 0. The summed E-state index contributed by atoms with van der Waals surface area (Å²) in [5, 5.41) is 7.25. The van der Waals surface area contributed by atoms with Crippen LogP contribution in [0.5, 0.6) is 0 Å². The van der Waals surface area contributed by atoms with Crippen LogP contribution >= 0.6 is 0 Å². The fraction of sp³-hybridized carbons (Fsp3) is 0. The Balaban J connectivity index is 0.993. The van der Waals surface area contributed by atoms with Crippen LogP contribution in [-0.4, -0.2) is 4.57 Å². The Labute approximate surface area is 353 Å². The Hall–Kier alpha value is -8.14. The number of para-hydroxylation sites is 4. The van der Waals surface area contributed by atoms with Crippen LogP contribution in [0.15, 0.2) is 235 Å². The van der Waals surface area contributed by atoms with Crippen molar-refractivity contribution in [2.75, 3.05) is 4.90 Å². The van der Waals surface area contributed by atoms with Crippen LogP contribution in [0.4, 0.5) is 17.1 Å². The van der Waals surface area contributed by atoms with Crippen molar-refractivity contribution in [3.63, 3.8) is 0 Å². The number of benzene rings is 10. The molecule has 0 aliphatic rings. The lowest BCUT2D eigenvalue weighted by molar-refractivity contribution is 0.669. The minimum atomic E-state index is 0.891. The first-order valence-electron chi connectivity index (χ1n) is 20.8. The Kier molecular flexibility index (Phi) is 8.17. The van der Waals surface area contributed by atoms with Gasteiger partial charge in [-0.25, -0.2) is 0 Å². The number of hydrogen-bond donors (Lipinski definition) is 0. The van der Waals surface area contributed by atoms with E-state index in [4.69, 9.17) is 4.42 Å². The largest absolute Gasteiger partial charge is 0.456 e. The first kappa shape index (κ1) is 34.9. The molecule has 0 saturated heterocycles. The van der Waals surface area contributed by atoms with E-state index in [9.17, 15) is 0 Å². The molecule has 3 nitrogen and oxygen atoms in total. The van der Waals surface area contributed by atoms with Gasteiger partial charge in [-0.3, -0.25) is 0 Å². The van der Waals surface area contributed by atoms with Gasteiger partial charge in [-0.2, -0.15) is 0 Å². The standard InChI is InChI=1S/C58H38N2O/c1-2-18-46-39(14-1)15-12-23-47(46)40-30-34-43(35-31-40)59(45-17-11-16-42(38-45)49-24-13-29-57-58(49)52-22-6-10-28-56(52)61-57)44-36-32-41(33-37-44)48-19-3-7-25-53(48)60-54-26-8-4-20-50(54)51-21-5-9-27-55(51)60/h1-38H. The van der Waals surface area contributed by atoms with Gasteiger partial charge in [0.15, 0.2) is 0 Å².